The van der Waals surface area contributed by atoms with Gasteiger partial charge in [-0.3, -0.25) is 9.59 Å². The van der Waals surface area contributed by atoms with Gasteiger partial charge in [0.15, 0.2) is 0 Å². The van der Waals surface area contributed by atoms with Gasteiger partial charge in [-0.2, -0.15) is 4.68 Å². The number of anilines is 1. The summed E-state index contributed by atoms with van der Waals surface area (Å²) in [6.07, 6.45) is 0. The molecule has 0 aliphatic carbocycles. The second-order valence-electron chi connectivity index (χ2n) is 6.18. The van der Waals surface area contributed by atoms with E-state index in [1.165, 1.54) is 6.92 Å². The highest BCUT2D eigenvalue weighted by Gasteiger charge is 2.16. The molecule has 0 aliphatic heterocycles. The van der Waals surface area contributed by atoms with Crippen LogP contribution in [0, 0.1) is 0 Å². The molecule has 0 aliphatic rings. The molecule has 1 N–H and O–H groups in total. The van der Waals surface area contributed by atoms with E-state index in [1.54, 1.807) is 55.5 Å². The molecule has 2 aromatic carbocycles. The predicted octanol–water partition coefficient (Wildman–Crippen LogP) is 2.45. The average molecular weight is 415 g/mol. The highest BCUT2D eigenvalue weighted by molar-refractivity contribution is 6.30. The molecule has 9 heteroatoms. The van der Waals surface area contributed by atoms with Crippen molar-refractivity contribution < 1.29 is 9.53 Å². The van der Waals surface area contributed by atoms with Crippen LogP contribution in [-0.2, 0) is 11.3 Å². The van der Waals surface area contributed by atoms with Gasteiger partial charge in [0.05, 0.1) is 18.8 Å². The molecule has 0 fully saturated rings. The van der Waals surface area contributed by atoms with Gasteiger partial charge in [-0.05, 0) is 42.8 Å². The molecule has 0 radical (unpaired) electrons. The number of carbonyl (C=O) groups is 1. The zero-order valence-corrected chi connectivity index (χ0v) is 16.6. The first kappa shape index (κ1) is 20.3. The summed E-state index contributed by atoms with van der Waals surface area (Å²) < 4.78 is 7.48. The van der Waals surface area contributed by atoms with Gasteiger partial charge >= 0.3 is 11.2 Å². The zero-order chi connectivity index (χ0) is 21.0. The van der Waals surface area contributed by atoms with Crippen molar-refractivity contribution in [3.05, 3.63) is 80.0 Å². The second-order valence-corrected chi connectivity index (χ2v) is 6.62. The van der Waals surface area contributed by atoms with E-state index in [2.05, 4.69) is 10.4 Å². The van der Waals surface area contributed by atoms with Crippen molar-refractivity contribution in [3.63, 3.8) is 0 Å². The number of rotatable bonds is 6. The van der Waals surface area contributed by atoms with E-state index >= 15 is 0 Å². The van der Waals surface area contributed by atoms with Crippen molar-refractivity contribution in [1.29, 1.82) is 0 Å². The van der Waals surface area contributed by atoms with Crippen molar-refractivity contribution >= 4 is 23.2 Å². The van der Waals surface area contributed by atoms with Crippen LogP contribution in [0.4, 0.5) is 5.69 Å². The first-order valence-corrected chi connectivity index (χ1v) is 9.26. The number of carbonyl (C=O) groups excluding carboxylic acids is 1. The zero-order valence-electron chi connectivity index (χ0n) is 15.9. The van der Waals surface area contributed by atoms with Crippen molar-refractivity contribution in [2.24, 2.45) is 0 Å². The Morgan fingerprint density at radius 2 is 1.90 bits per heavy atom. The molecule has 0 bridgehead atoms. The molecule has 150 valence electrons. The predicted molar refractivity (Wildman–Crippen MR) is 110 cm³/mol. The SMILES string of the molecule is CCOc1nn(-c2cccc(NC(C)=O)c2)c(=O)n(Cc2ccc(Cl)cc2)c1=O. The molecule has 0 saturated carbocycles. The molecule has 0 unspecified atom stereocenters. The Bertz CT molecular complexity index is 1150. The lowest BCUT2D eigenvalue weighted by Crippen LogP contribution is -2.41. The highest BCUT2D eigenvalue weighted by atomic mass is 35.5. The van der Waals surface area contributed by atoms with Crippen LogP contribution in [0.25, 0.3) is 5.69 Å². The molecule has 0 spiro atoms. The molecule has 1 heterocycles. The van der Waals surface area contributed by atoms with Gasteiger partial charge in [-0.15, -0.1) is 5.10 Å². The number of ether oxygens (including phenoxy) is 1. The number of hydrogen-bond donors (Lipinski definition) is 1. The van der Waals surface area contributed by atoms with Gasteiger partial charge < -0.3 is 10.1 Å². The number of nitrogens with zero attached hydrogens (tertiary/aromatic N) is 3. The molecule has 3 rings (SSSR count). The summed E-state index contributed by atoms with van der Waals surface area (Å²) in [5.74, 6) is -0.434. The van der Waals surface area contributed by atoms with Gasteiger partial charge in [0.25, 0.3) is 5.88 Å². The maximum absolute atomic E-state index is 13.0. The summed E-state index contributed by atoms with van der Waals surface area (Å²) in [4.78, 5) is 37.1. The van der Waals surface area contributed by atoms with E-state index in [1.807, 2.05) is 0 Å². The fraction of sp³-hybridized carbons (Fsp3) is 0.200. The largest absolute Gasteiger partial charge is 0.473 e. The number of benzene rings is 2. The quantitative estimate of drug-likeness (QED) is 0.668. The van der Waals surface area contributed by atoms with Crippen molar-refractivity contribution in [1.82, 2.24) is 14.3 Å². The third kappa shape index (κ3) is 4.72. The standard InChI is InChI=1S/C20H19ClN4O4/c1-3-29-18-19(27)24(12-14-7-9-15(21)10-8-14)20(28)25(23-18)17-6-4-5-16(11-17)22-13(2)26/h4-11H,3,12H2,1-2H3,(H,22,26). The van der Waals surface area contributed by atoms with Crippen LogP contribution >= 0.6 is 11.6 Å². The van der Waals surface area contributed by atoms with Gasteiger partial charge in [0, 0.05) is 17.6 Å². The number of halogens is 1. The normalized spacial score (nSPS) is 10.6. The lowest BCUT2D eigenvalue weighted by atomic mass is 10.2. The topological polar surface area (TPSA) is 95.2 Å². The summed E-state index contributed by atoms with van der Waals surface area (Å²) >= 11 is 5.91. The second kappa shape index (κ2) is 8.74. The molecule has 29 heavy (non-hydrogen) atoms. The Kier molecular flexibility index (Phi) is 6.13. The third-order valence-corrected chi connectivity index (χ3v) is 4.23. The number of amides is 1. The monoisotopic (exact) mass is 414 g/mol. The van der Waals surface area contributed by atoms with Gasteiger partial charge in [0.1, 0.15) is 0 Å². The first-order valence-electron chi connectivity index (χ1n) is 8.88. The average Bonchev–Trinajstić information content (AvgIpc) is 2.68. The Morgan fingerprint density at radius 1 is 1.17 bits per heavy atom. The fourth-order valence-electron chi connectivity index (χ4n) is 2.72. The van der Waals surface area contributed by atoms with Crippen LogP contribution in [0.15, 0.2) is 58.1 Å². The molecule has 1 aromatic heterocycles. The van der Waals surface area contributed by atoms with Crippen molar-refractivity contribution in [2.45, 2.75) is 20.4 Å². The van der Waals surface area contributed by atoms with E-state index in [9.17, 15) is 14.4 Å². The van der Waals surface area contributed by atoms with Crippen LogP contribution in [0.3, 0.4) is 0 Å². The van der Waals surface area contributed by atoms with E-state index < -0.39 is 11.2 Å². The Hall–Kier alpha value is -3.39. The number of nitrogens with one attached hydrogen (secondary N) is 1. The third-order valence-electron chi connectivity index (χ3n) is 3.98. The van der Waals surface area contributed by atoms with Crippen LogP contribution in [0.1, 0.15) is 19.4 Å². The Morgan fingerprint density at radius 3 is 2.55 bits per heavy atom. The van der Waals surface area contributed by atoms with Crippen LogP contribution in [0.2, 0.25) is 5.02 Å². The van der Waals surface area contributed by atoms with Crippen molar-refractivity contribution in [3.8, 4) is 11.6 Å². The molecule has 8 nitrogen and oxygen atoms in total. The maximum Gasteiger partial charge on any atom is 0.352 e. The van der Waals surface area contributed by atoms with Crippen LogP contribution in [0.5, 0.6) is 5.88 Å². The van der Waals surface area contributed by atoms with Gasteiger partial charge in [-0.25, -0.2) is 9.36 Å². The molecular formula is C20H19ClN4O4. The molecule has 0 atom stereocenters. The molecular weight excluding hydrogens is 396 g/mol. The summed E-state index contributed by atoms with van der Waals surface area (Å²) in [6, 6.07) is 13.4. The van der Waals surface area contributed by atoms with E-state index in [4.69, 9.17) is 16.3 Å². The summed E-state index contributed by atoms with van der Waals surface area (Å²) in [6.45, 7) is 3.35. The fourth-order valence-corrected chi connectivity index (χ4v) is 2.85. The van der Waals surface area contributed by atoms with E-state index in [-0.39, 0.29) is 24.9 Å². The molecule has 0 saturated heterocycles. The van der Waals surface area contributed by atoms with Gasteiger partial charge in [-0.1, -0.05) is 29.8 Å². The molecule has 3 aromatic rings. The minimum Gasteiger partial charge on any atom is -0.473 e. The highest BCUT2D eigenvalue weighted by Crippen LogP contribution is 2.14. The van der Waals surface area contributed by atoms with E-state index in [0.29, 0.717) is 16.4 Å². The van der Waals surface area contributed by atoms with Crippen molar-refractivity contribution in [2.75, 3.05) is 11.9 Å². The first-order chi connectivity index (χ1) is 13.9. The van der Waals surface area contributed by atoms with Crippen LogP contribution in [-0.4, -0.2) is 26.9 Å². The smallest absolute Gasteiger partial charge is 0.352 e. The summed E-state index contributed by atoms with van der Waals surface area (Å²) in [5, 5.41) is 7.29. The van der Waals surface area contributed by atoms with Crippen LogP contribution < -0.4 is 21.3 Å². The minimum absolute atomic E-state index is 0.0306. The number of aromatic nitrogens is 3. The lowest BCUT2D eigenvalue weighted by molar-refractivity contribution is -0.114. The summed E-state index contributed by atoms with van der Waals surface area (Å²) in [5.41, 5.74) is 0.347. The minimum atomic E-state index is -0.631. The summed E-state index contributed by atoms with van der Waals surface area (Å²) in [7, 11) is 0. The number of hydrogen-bond acceptors (Lipinski definition) is 5. The maximum atomic E-state index is 13.0. The lowest BCUT2D eigenvalue weighted by Gasteiger charge is -2.13. The van der Waals surface area contributed by atoms with Gasteiger partial charge in [0.2, 0.25) is 5.91 Å². The Balaban J connectivity index is 2.14. The Labute approximate surface area is 171 Å². The molecule has 1 amide bonds. The van der Waals surface area contributed by atoms with E-state index in [0.717, 1.165) is 14.8 Å².